The maximum Gasteiger partial charge on any atom is 0.416 e. The molecule has 0 aromatic carbocycles. The molecule has 0 saturated heterocycles. The van der Waals surface area contributed by atoms with E-state index in [0.29, 0.717) is 13.1 Å². The highest BCUT2D eigenvalue weighted by molar-refractivity contribution is 5.41. The van der Waals surface area contributed by atoms with Crippen molar-refractivity contribution in [3.63, 3.8) is 0 Å². The van der Waals surface area contributed by atoms with Gasteiger partial charge in [0.1, 0.15) is 0 Å². The number of aliphatic hydroxyl groups excluding tert-OH is 1. The fraction of sp³-hybridized carbons (Fsp3) is 0.700. The van der Waals surface area contributed by atoms with E-state index in [4.69, 9.17) is 10.8 Å². The second kappa shape index (κ2) is 6.55. The Morgan fingerprint density at radius 1 is 1.25 bits per heavy atom. The molecule has 0 saturated carbocycles. The van der Waals surface area contributed by atoms with E-state index in [1.165, 1.54) is 0 Å². The quantitative estimate of drug-likeness (QED) is 0.707. The molecule has 114 valence electrons. The molecule has 1 heterocycles. The van der Waals surface area contributed by atoms with Gasteiger partial charge in [0.05, 0.1) is 6.54 Å². The lowest BCUT2D eigenvalue weighted by Crippen LogP contribution is -2.35. The van der Waals surface area contributed by atoms with Crippen molar-refractivity contribution in [3.8, 4) is 0 Å². The van der Waals surface area contributed by atoms with Crippen molar-refractivity contribution in [2.75, 3.05) is 35.6 Å². The van der Waals surface area contributed by atoms with Gasteiger partial charge in [-0.2, -0.15) is 28.1 Å². The van der Waals surface area contributed by atoms with Crippen LogP contribution in [0.1, 0.15) is 13.8 Å². The molecular formula is C10H17F3N6O. The summed E-state index contributed by atoms with van der Waals surface area (Å²) in [7, 11) is 0. The topological polar surface area (TPSA) is 100 Å². The average molecular weight is 294 g/mol. The molecule has 0 aliphatic carbocycles. The van der Waals surface area contributed by atoms with Crippen LogP contribution in [0.2, 0.25) is 0 Å². The van der Waals surface area contributed by atoms with Crippen molar-refractivity contribution >= 4 is 17.8 Å². The molecule has 10 heteroatoms. The predicted molar refractivity (Wildman–Crippen MR) is 68.4 cm³/mol. The molecule has 0 aliphatic heterocycles. The summed E-state index contributed by atoms with van der Waals surface area (Å²) in [6.45, 7) is 4.23. The minimum absolute atomic E-state index is 0.106. The molecule has 1 aromatic heterocycles. The van der Waals surface area contributed by atoms with Gasteiger partial charge in [-0.15, -0.1) is 0 Å². The lowest BCUT2D eigenvalue weighted by atomic mass is 10.3. The number of nitrogen functional groups attached to an aromatic ring is 1. The SMILES string of the molecule is CCN(CC)c1nc(N)nc(NCC(O)C(F)(F)F)n1. The summed E-state index contributed by atoms with van der Waals surface area (Å²) < 4.78 is 36.5. The Morgan fingerprint density at radius 2 is 1.85 bits per heavy atom. The number of anilines is 3. The van der Waals surface area contributed by atoms with Crippen molar-refractivity contribution in [1.82, 2.24) is 15.0 Å². The molecule has 0 fully saturated rings. The van der Waals surface area contributed by atoms with Gasteiger partial charge in [0.2, 0.25) is 17.8 Å². The smallest absolute Gasteiger partial charge is 0.382 e. The Labute approximate surface area is 114 Å². The number of hydrogen-bond donors (Lipinski definition) is 3. The van der Waals surface area contributed by atoms with Crippen LogP contribution in [0.5, 0.6) is 0 Å². The number of halogens is 3. The van der Waals surface area contributed by atoms with E-state index < -0.39 is 18.8 Å². The van der Waals surface area contributed by atoms with Gasteiger partial charge in [0.15, 0.2) is 6.10 Å². The molecule has 0 bridgehead atoms. The van der Waals surface area contributed by atoms with Gasteiger partial charge in [0.25, 0.3) is 0 Å². The number of nitrogens with one attached hydrogen (secondary N) is 1. The van der Waals surface area contributed by atoms with Gasteiger partial charge in [0, 0.05) is 13.1 Å². The number of rotatable bonds is 6. The number of alkyl halides is 3. The van der Waals surface area contributed by atoms with Gasteiger partial charge >= 0.3 is 6.18 Å². The maximum atomic E-state index is 12.2. The normalized spacial score (nSPS) is 13.1. The van der Waals surface area contributed by atoms with E-state index in [-0.39, 0.29) is 17.8 Å². The molecule has 1 rings (SSSR count). The molecule has 1 atom stereocenters. The Kier molecular flexibility index (Phi) is 5.31. The monoisotopic (exact) mass is 294 g/mol. The third kappa shape index (κ3) is 4.37. The van der Waals surface area contributed by atoms with Gasteiger partial charge in [-0.05, 0) is 13.8 Å². The second-order valence-electron chi connectivity index (χ2n) is 3.93. The van der Waals surface area contributed by atoms with E-state index in [9.17, 15) is 13.2 Å². The number of nitrogens with zero attached hydrogens (tertiary/aromatic N) is 4. The Hall–Kier alpha value is -1.84. The molecule has 7 nitrogen and oxygen atoms in total. The van der Waals surface area contributed by atoms with Gasteiger partial charge < -0.3 is 21.1 Å². The van der Waals surface area contributed by atoms with Crippen LogP contribution < -0.4 is 16.0 Å². The standard InChI is InChI=1S/C10H17F3N6O/c1-3-19(4-2)9-17-7(14)16-8(18-9)15-5-6(20)10(11,12)13/h6,20H,3-5H2,1-2H3,(H3,14,15,16,17,18). The molecule has 1 unspecified atom stereocenters. The zero-order valence-corrected chi connectivity index (χ0v) is 11.1. The first kappa shape index (κ1) is 16.2. The highest BCUT2D eigenvalue weighted by Crippen LogP contribution is 2.20. The van der Waals surface area contributed by atoms with Crippen LogP contribution >= 0.6 is 0 Å². The lowest BCUT2D eigenvalue weighted by molar-refractivity contribution is -0.198. The van der Waals surface area contributed by atoms with E-state index in [2.05, 4.69) is 20.3 Å². The number of hydrogen-bond acceptors (Lipinski definition) is 7. The maximum absolute atomic E-state index is 12.2. The fourth-order valence-corrected chi connectivity index (χ4v) is 1.41. The Bertz CT molecular complexity index is 437. The molecule has 20 heavy (non-hydrogen) atoms. The summed E-state index contributed by atoms with van der Waals surface area (Å²) in [5.41, 5.74) is 5.49. The lowest BCUT2D eigenvalue weighted by Gasteiger charge is -2.19. The summed E-state index contributed by atoms with van der Waals surface area (Å²) in [5.74, 6) is 0.0556. The highest BCUT2D eigenvalue weighted by atomic mass is 19.4. The van der Waals surface area contributed by atoms with Crippen LogP contribution in [-0.2, 0) is 0 Å². The summed E-state index contributed by atoms with van der Waals surface area (Å²) >= 11 is 0. The van der Waals surface area contributed by atoms with Gasteiger partial charge in [-0.25, -0.2) is 0 Å². The number of nitrogens with two attached hydrogens (primary N) is 1. The summed E-state index contributed by atoms with van der Waals surface area (Å²) in [6.07, 6.45) is -7.20. The summed E-state index contributed by atoms with van der Waals surface area (Å²) in [5, 5.41) is 11.2. The van der Waals surface area contributed by atoms with Crippen LogP contribution in [0.15, 0.2) is 0 Å². The van der Waals surface area contributed by atoms with Crippen molar-refractivity contribution in [2.45, 2.75) is 26.1 Å². The molecule has 0 amide bonds. The molecule has 0 aliphatic rings. The zero-order valence-electron chi connectivity index (χ0n) is 11.1. The minimum atomic E-state index is -4.70. The van der Waals surface area contributed by atoms with Crippen LogP contribution in [0, 0.1) is 0 Å². The fourth-order valence-electron chi connectivity index (χ4n) is 1.41. The summed E-state index contributed by atoms with van der Waals surface area (Å²) in [6, 6.07) is 0. The van der Waals surface area contributed by atoms with Crippen LogP contribution in [0.4, 0.5) is 31.0 Å². The van der Waals surface area contributed by atoms with Crippen molar-refractivity contribution < 1.29 is 18.3 Å². The van der Waals surface area contributed by atoms with E-state index in [1.807, 2.05) is 13.8 Å². The van der Waals surface area contributed by atoms with E-state index in [0.717, 1.165) is 0 Å². The first-order valence-electron chi connectivity index (χ1n) is 6.03. The Balaban J connectivity index is 2.81. The van der Waals surface area contributed by atoms with Crippen molar-refractivity contribution in [1.29, 1.82) is 0 Å². The van der Waals surface area contributed by atoms with Crippen molar-refractivity contribution in [2.24, 2.45) is 0 Å². The minimum Gasteiger partial charge on any atom is -0.382 e. The average Bonchev–Trinajstić information content (AvgIpc) is 2.35. The zero-order chi connectivity index (χ0) is 15.3. The predicted octanol–water partition coefficient (Wildman–Crippen LogP) is 0.635. The third-order valence-electron chi connectivity index (χ3n) is 2.52. The van der Waals surface area contributed by atoms with Crippen LogP contribution in [0.3, 0.4) is 0 Å². The largest absolute Gasteiger partial charge is 0.416 e. The van der Waals surface area contributed by atoms with Crippen LogP contribution in [-0.4, -0.2) is 52.0 Å². The summed E-state index contributed by atoms with van der Waals surface area (Å²) in [4.78, 5) is 13.3. The van der Waals surface area contributed by atoms with E-state index in [1.54, 1.807) is 4.90 Å². The molecule has 4 N–H and O–H groups in total. The Morgan fingerprint density at radius 3 is 2.35 bits per heavy atom. The van der Waals surface area contributed by atoms with Crippen molar-refractivity contribution in [3.05, 3.63) is 0 Å². The number of aromatic nitrogens is 3. The first-order chi connectivity index (χ1) is 9.27. The highest BCUT2D eigenvalue weighted by Gasteiger charge is 2.38. The third-order valence-corrected chi connectivity index (χ3v) is 2.52. The second-order valence-corrected chi connectivity index (χ2v) is 3.93. The first-order valence-corrected chi connectivity index (χ1v) is 6.03. The van der Waals surface area contributed by atoms with Gasteiger partial charge in [-0.1, -0.05) is 0 Å². The molecule has 0 radical (unpaired) electrons. The molecular weight excluding hydrogens is 277 g/mol. The van der Waals surface area contributed by atoms with E-state index >= 15 is 0 Å². The molecule has 0 spiro atoms. The number of aliphatic hydroxyl groups is 1. The van der Waals surface area contributed by atoms with Crippen LogP contribution in [0.25, 0.3) is 0 Å². The van der Waals surface area contributed by atoms with Gasteiger partial charge in [-0.3, -0.25) is 0 Å². The molecule has 1 aromatic rings.